The third-order valence-electron chi connectivity index (χ3n) is 3.74. The lowest BCUT2D eigenvalue weighted by molar-refractivity contribution is 0.0598. The zero-order chi connectivity index (χ0) is 18.4. The second-order valence-corrected chi connectivity index (χ2v) is 5.31. The molecule has 2 aromatic heterocycles. The Morgan fingerprint density at radius 3 is 2.44 bits per heavy atom. The summed E-state index contributed by atoms with van der Waals surface area (Å²) in [7, 11) is 1.30. The summed E-state index contributed by atoms with van der Waals surface area (Å²) in [6, 6.07) is 3.17. The summed E-state index contributed by atoms with van der Waals surface area (Å²) >= 11 is 0. The van der Waals surface area contributed by atoms with E-state index in [0.717, 1.165) is 0 Å². The van der Waals surface area contributed by atoms with Crippen LogP contribution in [0, 0.1) is 6.92 Å². The highest BCUT2D eigenvalue weighted by Gasteiger charge is 2.23. The fourth-order valence-electron chi connectivity index (χ4n) is 2.46. The average molecular weight is 347 g/mol. The SMILES string of the molecule is CCc1[nH]c(C(=O)NCCNC(=O)c2ccco2)c(C)c1C(=O)OC. The van der Waals surface area contributed by atoms with Crippen LogP contribution in [0.25, 0.3) is 0 Å². The van der Waals surface area contributed by atoms with Gasteiger partial charge in [-0.1, -0.05) is 6.92 Å². The molecule has 0 aliphatic carbocycles. The van der Waals surface area contributed by atoms with Gasteiger partial charge in [0.25, 0.3) is 11.8 Å². The van der Waals surface area contributed by atoms with E-state index in [2.05, 4.69) is 15.6 Å². The molecule has 0 aliphatic rings. The van der Waals surface area contributed by atoms with E-state index in [1.165, 1.54) is 13.4 Å². The molecule has 2 rings (SSSR count). The predicted octanol–water partition coefficient (Wildman–Crippen LogP) is 1.42. The fourth-order valence-corrected chi connectivity index (χ4v) is 2.46. The molecule has 0 saturated heterocycles. The van der Waals surface area contributed by atoms with E-state index in [0.29, 0.717) is 28.9 Å². The molecule has 0 aliphatic heterocycles. The molecular weight excluding hydrogens is 326 g/mol. The van der Waals surface area contributed by atoms with E-state index < -0.39 is 5.97 Å². The van der Waals surface area contributed by atoms with Crippen LogP contribution < -0.4 is 10.6 Å². The Balaban J connectivity index is 1.94. The van der Waals surface area contributed by atoms with Crippen LogP contribution >= 0.6 is 0 Å². The number of aromatic nitrogens is 1. The molecule has 2 aromatic rings. The van der Waals surface area contributed by atoms with Crippen LogP contribution in [0.1, 0.15) is 49.6 Å². The summed E-state index contributed by atoms with van der Waals surface area (Å²) in [6.45, 7) is 4.05. The van der Waals surface area contributed by atoms with E-state index >= 15 is 0 Å². The molecule has 0 unspecified atom stereocenters. The molecule has 8 nitrogen and oxygen atoms in total. The lowest BCUT2D eigenvalue weighted by Gasteiger charge is -2.06. The second-order valence-electron chi connectivity index (χ2n) is 5.31. The van der Waals surface area contributed by atoms with Crippen molar-refractivity contribution in [2.45, 2.75) is 20.3 Å². The van der Waals surface area contributed by atoms with Gasteiger partial charge < -0.3 is 24.8 Å². The molecular formula is C17H21N3O5. The Hall–Kier alpha value is -3.03. The Kier molecular flexibility index (Phi) is 5.99. The largest absolute Gasteiger partial charge is 0.465 e. The number of nitrogens with one attached hydrogen (secondary N) is 3. The number of hydrogen-bond acceptors (Lipinski definition) is 5. The summed E-state index contributed by atoms with van der Waals surface area (Å²) in [5, 5.41) is 5.32. The quantitative estimate of drug-likeness (QED) is 0.518. The molecule has 0 bridgehead atoms. The van der Waals surface area contributed by atoms with Crippen LogP contribution in [0.5, 0.6) is 0 Å². The minimum absolute atomic E-state index is 0.210. The van der Waals surface area contributed by atoms with Crippen molar-refractivity contribution in [2.75, 3.05) is 20.2 Å². The lowest BCUT2D eigenvalue weighted by Crippen LogP contribution is -2.35. The minimum Gasteiger partial charge on any atom is -0.465 e. The van der Waals surface area contributed by atoms with Crippen LogP contribution in [0.4, 0.5) is 0 Å². The van der Waals surface area contributed by atoms with Gasteiger partial charge in [-0.25, -0.2) is 4.79 Å². The topological polar surface area (TPSA) is 113 Å². The van der Waals surface area contributed by atoms with Gasteiger partial charge in [0.05, 0.1) is 18.9 Å². The number of hydrogen-bond donors (Lipinski definition) is 3. The zero-order valence-corrected chi connectivity index (χ0v) is 14.4. The molecule has 0 aromatic carbocycles. The number of rotatable bonds is 7. The van der Waals surface area contributed by atoms with Crippen molar-refractivity contribution in [3.8, 4) is 0 Å². The third kappa shape index (κ3) is 4.09. The summed E-state index contributed by atoms with van der Waals surface area (Å²) in [5.74, 6) is -0.969. The van der Waals surface area contributed by atoms with Crippen molar-refractivity contribution < 1.29 is 23.5 Å². The highest BCUT2D eigenvalue weighted by Crippen LogP contribution is 2.20. The van der Waals surface area contributed by atoms with E-state index in [9.17, 15) is 14.4 Å². The van der Waals surface area contributed by atoms with Gasteiger partial charge in [0, 0.05) is 18.8 Å². The molecule has 0 atom stereocenters. The highest BCUT2D eigenvalue weighted by molar-refractivity contribution is 6.00. The van der Waals surface area contributed by atoms with Crippen LogP contribution in [0.3, 0.4) is 0 Å². The first-order valence-corrected chi connectivity index (χ1v) is 7.89. The molecule has 25 heavy (non-hydrogen) atoms. The van der Waals surface area contributed by atoms with Crippen LogP contribution in [-0.2, 0) is 11.2 Å². The molecule has 0 radical (unpaired) electrons. The molecule has 0 spiro atoms. The third-order valence-corrected chi connectivity index (χ3v) is 3.74. The molecule has 134 valence electrons. The van der Waals surface area contributed by atoms with Gasteiger partial charge in [-0.15, -0.1) is 0 Å². The van der Waals surface area contributed by atoms with Gasteiger partial charge in [0.2, 0.25) is 0 Å². The van der Waals surface area contributed by atoms with Crippen molar-refractivity contribution in [1.29, 1.82) is 0 Å². The van der Waals surface area contributed by atoms with Gasteiger partial charge in [-0.05, 0) is 31.0 Å². The predicted molar refractivity (Wildman–Crippen MR) is 89.6 cm³/mol. The maximum atomic E-state index is 12.3. The van der Waals surface area contributed by atoms with Crippen molar-refractivity contribution in [2.24, 2.45) is 0 Å². The number of amides is 2. The molecule has 0 fully saturated rings. The number of furan rings is 1. The number of esters is 1. The van der Waals surface area contributed by atoms with Crippen molar-refractivity contribution in [3.05, 3.63) is 46.7 Å². The first kappa shape index (κ1) is 18.3. The number of methoxy groups -OCH3 is 1. The zero-order valence-electron chi connectivity index (χ0n) is 14.4. The highest BCUT2D eigenvalue weighted by atomic mass is 16.5. The maximum absolute atomic E-state index is 12.3. The smallest absolute Gasteiger partial charge is 0.339 e. The summed E-state index contributed by atoms with van der Waals surface area (Å²) in [6.07, 6.45) is 1.98. The minimum atomic E-state index is -0.477. The standard InChI is InChI=1S/C17H21N3O5/c1-4-11-13(17(23)24-3)10(2)14(20-11)16(22)19-8-7-18-15(21)12-6-5-9-25-12/h5-6,9,20H,4,7-8H2,1-3H3,(H,18,21)(H,19,22). The number of aromatic amines is 1. The van der Waals surface area contributed by atoms with Crippen LogP contribution in [0.2, 0.25) is 0 Å². The summed E-state index contributed by atoms with van der Waals surface area (Å²) < 4.78 is 9.74. The van der Waals surface area contributed by atoms with Gasteiger partial charge in [0.1, 0.15) is 5.69 Å². The van der Waals surface area contributed by atoms with Crippen LogP contribution in [0.15, 0.2) is 22.8 Å². The van der Waals surface area contributed by atoms with E-state index in [-0.39, 0.29) is 30.7 Å². The Labute approximate surface area is 144 Å². The second kappa shape index (κ2) is 8.18. The monoisotopic (exact) mass is 347 g/mol. The normalized spacial score (nSPS) is 10.4. The maximum Gasteiger partial charge on any atom is 0.339 e. The molecule has 2 amide bonds. The first-order valence-electron chi connectivity index (χ1n) is 7.89. The van der Waals surface area contributed by atoms with Crippen molar-refractivity contribution in [1.82, 2.24) is 15.6 Å². The van der Waals surface area contributed by atoms with Gasteiger partial charge in [-0.3, -0.25) is 9.59 Å². The van der Waals surface area contributed by atoms with Gasteiger partial charge in [0.15, 0.2) is 5.76 Å². The fraction of sp³-hybridized carbons (Fsp3) is 0.353. The lowest BCUT2D eigenvalue weighted by atomic mass is 10.1. The Morgan fingerprint density at radius 2 is 1.88 bits per heavy atom. The number of ether oxygens (including phenoxy) is 1. The average Bonchev–Trinajstić information content (AvgIpc) is 3.25. The number of carbonyl (C=O) groups is 3. The summed E-state index contributed by atoms with van der Waals surface area (Å²) in [5.41, 5.74) is 1.90. The first-order chi connectivity index (χ1) is 12.0. The van der Waals surface area contributed by atoms with Gasteiger partial charge >= 0.3 is 5.97 Å². The van der Waals surface area contributed by atoms with Crippen molar-refractivity contribution in [3.63, 3.8) is 0 Å². The molecule has 0 saturated carbocycles. The van der Waals surface area contributed by atoms with Gasteiger partial charge in [-0.2, -0.15) is 0 Å². The number of H-pyrrole nitrogens is 1. The molecule has 3 N–H and O–H groups in total. The van der Waals surface area contributed by atoms with E-state index in [1.807, 2.05) is 6.92 Å². The number of aryl methyl sites for hydroxylation is 1. The Morgan fingerprint density at radius 1 is 1.20 bits per heavy atom. The molecule has 8 heteroatoms. The van der Waals surface area contributed by atoms with E-state index in [1.54, 1.807) is 19.1 Å². The summed E-state index contributed by atoms with van der Waals surface area (Å²) in [4.78, 5) is 38.8. The number of carbonyl (C=O) groups excluding carboxylic acids is 3. The Bertz CT molecular complexity index is 762. The molecule has 2 heterocycles. The van der Waals surface area contributed by atoms with Crippen molar-refractivity contribution >= 4 is 17.8 Å². The van der Waals surface area contributed by atoms with Crippen LogP contribution in [-0.4, -0.2) is 43.0 Å². The van der Waals surface area contributed by atoms with E-state index in [4.69, 9.17) is 9.15 Å².